The van der Waals surface area contributed by atoms with E-state index in [1.54, 1.807) is 18.9 Å². The Morgan fingerprint density at radius 1 is 1.30 bits per heavy atom. The molecule has 0 aliphatic rings. The number of ether oxygens (including phenoxy) is 1. The van der Waals surface area contributed by atoms with Crippen molar-refractivity contribution in [2.45, 2.75) is 10.6 Å². The summed E-state index contributed by atoms with van der Waals surface area (Å²) >= 11 is 3.04. The van der Waals surface area contributed by atoms with Gasteiger partial charge in [0.15, 0.2) is 0 Å². The molecule has 102 valence electrons. The second kappa shape index (κ2) is 5.68. The van der Waals surface area contributed by atoms with Crippen molar-refractivity contribution < 1.29 is 4.74 Å². The van der Waals surface area contributed by atoms with E-state index in [0.717, 1.165) is 16.2 Å². The van der Waals surface area contributed by atoms with Gasteiger partial charge in [-0.05, 0) is 35.7 Å². The first-order valence-electron chi connectivity index (χ1n) is 5.99. The molecule has 20 heavy (non-hydrogen) atoms. The zero-order chi connectivity index (χ0) is 13.9. The number of nitrogens with one attached hydrogen (secondary N) is 1. The maximum atomic E-state index is 11.8. The highest BCUT2D eigenvalue weighted by Gasteiger charge is 2.05. The Morgan fingerprint density at radius 3 is 2.85 bits per heavy atom. The molecule has 4 nitrogen and oxygen atoms in total. The lowest BCUT2D eigenvalue weighted by Crippen LogP contribution is -2.09. The smallest absolute Gasteiger partial charge is 0.268 e. The van der Waals surface area contributed by atoms with Crippen LogP contribution in [0.4, 0.5) is 0 Å². The largest absolute Gasteiger partial charge is 0.497 e. The first-order valence-corrected chi connectivity index (χ1v) is 7.86. The molecule has 0 atom stereocenters. The van der Waals surface area contributed by atoms with Crippen LogP contribution in [-0.4, -0.2) is 17.1 Å². The van der Waals surface area contributed by atoms with Gasteiger partial charge in [-0.15, -0.1) is 23.1 Å². The van der Waals surface area contributed by atoms with Crippen LogP contribution in [0, 0.1) is 0 Å². The third-order valence-corrected chi connectivity index (χ3v) is 4.72. The molecule has 0 bridgehead atoms. The highest BCUT2D eigenvalue weighted by Crippen LogP contribution is 2.24. The summed E-state index contributed by atoms with van der Waals surface area (Å²) in [7, 11) is 1.65. The molecule has 2 heterocycles. The van der Waals surface area contributed by atoms with Crippen LogP contribution >= 0.6 is 23.1 Å². The monoisotopic (exact) mass is 304 g/mol. The van der Waals surface area contributed by atoms with Crippen molar-refractivity contribution >= 4 is 33.3 Å². The number of aromatic nitrogens is 2. The molecule has 1 N–H and O–H groups in total. The van der Waals surface area contributed by atoms with Gasteiger partial charge in [-0.3, -0.25) is 4.79 Å². The van der Waals surface area contributed by atoms with Gasteiger partial charge in [0.2, 0.25) is 0 Å². The summed E-state index contributed by atoms with van der Waals surface area (Å²) in [5.41, 5.74) is 0.708. The minimum absolute atomic E-state index is 0.0599. The number of rotatable bonds is 4. The number of aromatic amines is 1. The van der Waals surface area contributed by atoms with Crippen molar-refractivity contribution in [2.75, 3.05) is 7.11 Å². The van der Waals surface area contributed by atoms with E-state index in [1.807, 2.05) is 35.7 Å². The molecular weight excluding hydrogens is 292 g/mol. The molecule has 0 saturated heterocycles. The van der Waals surface area contributed by atoms with Crippen LogP contribution < -0.4 is 10.3 Å². The number of hydrogen-bond donors (Lipinski definition) is 1. The van der Waals surface area contributed by atoms with Crippen molar-refractivity contribution in [1.29, 1.82) is 0 Å². The topological polar surface area (TPSA) is 55.0 Å². The number of methoxy groups -OCH3 is 1. The van der Waals surface area contributed by atoms with E-state index in [4.69, 9.17) is 4.74 Å². The summed E-state index contributed by atoms with van der Waals surface area (Å²) in [6, 6.07) is 9.69. The molecule has 0 amide bonds. The maximum Gasteiger partial charge on any atom is 0.268 e. The minimum atomic E-state index is -0.0599. The molecule has 0 unspecified atom stereocenters. The lowest BCUT2D eigenvalue weighted by atomic mass is 10.3. The molecule has 0 aliphatic heterocycles. The van der Waals surface area contributed by atoms with Crippen molar-refractivity contribution in [2.24, 2.45) is 0 Å². The van der Waals surface area contributed by atoms with Crippen molar-refractivity contribution in [3.63, 3.8) is 0 Å². The van der Waals surface area contributed by atoms with Crippen LogP contribution in [0.5, 0.6) is 5.75 Å². The number of hydrogen-bond acceptors (Lipinski definition) is 5. The number of H-pyrrole nitrogens is 1. The fourth-order valence-electron chi connectivity index (χ4n) is 1.81. The molecular formula is C14H12N2O2S2. The van der Waals surface area contributed by atoms with E-state index in [-0.39, 0.29) is 5.56 Å². The second-order valence-corrected chi connectivity index (χ2v) is 6.08. The molecule has 3 aromatic rings. The van der Waals surface area contributed by atoms with Gasteiger partial charge in [0.25, 0.3) is 5.56 Å². The average molecular weight is 304 g/mol. The van der Waals surface area contributed by atoms with E-state index < -0.39 is 0 Å². The van der Waals surface area contributed by atoms with Gasteiger partial charge in [-0.1, -0.05) is 0 Å². The van der Waals surface area contributed by atoms with Crippen molar-refractivity contribution in [3.8, 4) is 5.75 Å². The number of thioether (sulfide) groups is 1. The molecule has 3 rings (SSSR count). The van der Waals surface area contributed by atoms with Gasteiger partial charge in [0.1, 0.15) is 16.3 Å². The van der Waals surface area contributed by atoms with Gasteiger partial charge in [0, 0.05) is 4.90 Å². The Labute approximate surface area is 123 Å². The SMILES string of the molecule is COc1ccc(SCc2nc3ccsc3c(=O)[nH]2)cc1. The van der Waals surface area contributed by atoms with Gasteiger partial charge in [0.05, 0.1) is 18.4 Å². The fourth-order valence-corrected chi connectivity index (χ4v) is 3.31. The van der Waals surface area contributed by atoms with Crippen LogP contribution in [0.3, 0.4) is 0 Å². The summed E-state index contributed by atoms with van der Waals surface area (Å²) in [4.78, 5) is 20.2. The molecule has 1 aromatic carbocycles. The van der Waals surface area contributed by atoms with E-state index in [2.05, 4.69) is 9.97 Å². The molecule has 0 saturated carbocycles. The predicted molar refractivity (Wildman–Crippen MR) is 82.8 cm³/mol. The Bertz CT molecular complexity index is 778. The number of fused-ring (bicyclic) bond motifs is 1. The highest BCUT2D eigenvalue weighted by molar-refractivity contribution is 7.98. The average Bonchev–Trinajstić information content (AvgIpc) is 2.94. The third-order valence-electron chi connectivity index (χ3n) is 2.80. The lowest BCUT2D eigenvalue weighted by molar-refractivity contribution is 0.414. The third kappa shape index (κ3) is 2.71. The zero-order valence-corrected chi connectivity index (χ0v) is 12.4. The van der Waals surface area contributed by atoms with Gasteiger partial charge < -0.3 is 9.72 Å². The predicted octanol–water partition coefficient (Wildman–Crippen LogP) is 3.29. The maximum absolute atomic E-state index is 11.8. The zero-order valence-electron chi connectivity index (χ0n) is 10.8. The molecule has 0 aliphatic carbocycles. The minimum Gasteiger partial charge on any atom is -0.497 e. The van der Waals surface area contributed by atoms with Crippen molar-refractivity contribution in [1.82, 2.24) is 9.97 Å². The lowest BCUT2D eigenvalue weighted by Gasteiger charge is -2.03. The standard InChI is InChI=1S/C14H12N2O2S2/c1-18-9-2-4-10(5-3-9)20-8-12-15-11-6-7-19-13(11)14(17)16-12/h2-7H,8H2,1H3,(H,15,16,17). The first kappa shape index (κ1) is 13.2. The van der Waals surface area contributed by atoms with Crippen LogP contribution in [0.1, 0.15) is 5.82 Å². The molecule has 0 spiro atoms. The summed E-state index contributed by atoms with van der Waals surface area (Å²) in [6.45, 7) is 0. The quantitative estimate of drug-likeness (QED) is 0.752. The van der Waals surface area contributed by atoms with Crippen LogP contribution in [0.25, 0.3) is 10.2 Å². The Morgan fingerprint density at radius 2 is 2.10 bits per heavy atom. The Hall–Kier alpha value is -1.79. The molecule has 2 aromatic heterocycles. The Balaban J connectivity index is 1.77. The summed E-state index contributed by atoms with van der Waals surface area (Å²) < 4.78 is 5.80. The van der Waals surface area contributed by atoms with Crippen LogP contribution in [0.15, 0.2) is 45.4 Å². The summed E-state index contributed by atoms with van der Waals surface area (Å²) in [5, 5.41) is 1.88. The molecule has 6 heteroatoms. The highest BCUT2D eigenvalue weighted by atomic mass is 32.2. The second-order valence-electron chi connectivity index (χ2n) is 4.11. The first-order chi connectivity index (χ1) is 9.76. The fraction of sp³-hybridized carbons (Fsp3) is 0.143. The van der Waals surface area contributed by atoms with Crippen LogP contribution in [0.2, 0.25) is 0 Å². The van der Waals surface area contributed by atoms with Crippen molar-refractivity contribution in [3.05, 3.63) is 51.9 Å². The van der Waals surface area contributed by atoms with E-state index in [1.165, 1.54) is 11.3 Å². The number of thiophene rings is 1. The van der Waals surface area contributed by atoms with Crippen LogP contribution in [-0.2, 0) is 5.75 Å². The van der Waals surface area contributed by atoms with E-state index >= 15 is 0 Å². The number of nitrogens with zero attached hydrogens (tertiary/aromatic N) is 1. The number of benzene rings is 1. The van der Waals surface area contributed by atoms with Gasteiger partial charge >= 0.3 is 0 Å². The molecule has 0 fully saturated rings. The summed E-state index contributed by atoms with van der Waals surface area (Å²) in [5.74, 6) is 2.16. The molecule has 0 radical (unpaired) electrons. The van der Waals surface area contributed by atoms with Gasteiger partial charge in [-0.25, -0.2) is 4.98 Å². The van der Waals surface area contributed by atoms with E-state index in [0.29, 0.717) is 16.3 Å². The van der Waals surface area contributed by atoms with Gasteiger partial charge in [-0.2, -0.15) is 0 Å². The van der Waals surface area contributed by atoms with E-state index in [9.17, 15) is 4.79 Å². The Kier molecular flexibility index (Phi) is 3.75. The summed E-state index contributed by atoms with van der Waals surface area (Å²) in [6.07, 6.45) is 0. The normalized spacial score (nSPS) is 10.8.